The normalized spacial score (nSPS) is 34.8. The van der Waals surface area contributed by atoms with E-state index in [9.17, 15) is 0 Å². The molecule has 0 saturated carbocycles. The van der Waals surface area contributed by atoms with Crippen LogP contribution in [-0.4, -0.2) is 22.1 Å². The van der Waals surface area contributed by atoms with Crippen LogP contribution in [0.5, 0.6) is 0 Å². The van der Waals surface area contributed by atoms with Gasteiger partial charge in [0.25, 0.3) is 0 Å². The van der Waals surface area contributed by atoms with E-state index in [0.717, 1.165) is 11.5 Å². The molecule has 0 aliphatic carbocycles. The van der Waals surface area contributed by atoms with Gasteiger partial charge in [-0.1, -0.05) is 0 Å². The fraction of sp³-hybridized carbons (Fsp3) is 0.833. The van der Waals surface area contributed by atoms with Gasteiger partial charge in [0.1, 0.15) is 4.87 Å². The summed E-state index contributed by atoms with van der Waals surface area (Å²) in [5, 5.41) is 0. The Hall–Kier alpha value is 0.370. The van der Waals surface area contributed by atoms with Gasteiger partial charge in [-0.25, -0.2) is 0 Å². The quantitative estimate of drug-likeness (QED) is 0.579. The summed E-state index contributed by atoms with van der Waals surface area (Å²) in [7, 11) is 0. The minimum atomic E-state index is 0.0766. The molecule has 1 unspecified atom stereocenters. The van der Waals surface area contributed by atoms with E-state index in [1.807, 2.05) is 11.8 Å². The Morgan fingerprint density at radius 3 is 2.78 bits per heavy atom. The van der Waals surface area contributed by atoms with E-state index in [-0.39, 0.29) is 4.87 Å². The molecule has 1 nitrogen and oxygen atoms in total. The van der Waals surface area contributed by atoms with Crippen LogP contribution in [0.2, 0.25) is 0 Å². The van der Waals surface area contributed by atoms with Crippen LogP contribution < -0.4 is 0 Å². The molecule has 9 heavy (non-hydrogen) atoms. The van der Waals surface area contributed by atoms with E-state index in [0.29, 0.717) is 0 Å². The SMILES string of the molecule is CC1=NC(C)(CS)SC1. The summed E-state index contributed by atoms with van der Waals surface area (Å²) < 4.78 is 0. The van der Waals surface area contributed by atoms with Gasteiger partial charge in [-0.3, -0.25) is 4.99 Å². The summed E-state index contributed by atoms with van der Waals surface area (Å²) >= 11 is 6.09. The lowest BCUT2D eigenvalue weighted by Gasteiger charge is -2.14. The molecule has 0 spiro atoms. The van der Waals surface area contributed by atoms with Crippen molar-refractivity contribution in [3.63, 3.8) is 0 Å². The van der Waals surface area contributed by atoms with Gasteiger partial charge in [-0.05, 0) is 13.8 Å². The third-order valence-electron chi connectivity index (χ3n) is 1.31. The van der Waals surface area contributed by atoms with Crippen LogP contribution in [0.15, 0.2) is 4.99 Å². The molecule has 0 radical (unpaired) electrons. The zero-order valence-corrected chi connectivity index (χ0v) is 7.43. The number of nitrogens with zero attached hydrogens (tertiary/aromatic N) is 1. The van der Waals surface area contributed by atoms with Crippen molar-refractivity contribution in [2.75, 3.05) is 11.5 Å². The van der Waals surface area contributed by atoms with Crippen LogP contribution in [0.1, 0.15) is 13.8 Å². The maximum absolute atomic E-state index is 4.44. The number of hydrogen-bond acceptors (Lipinski definition) is 3. The molecule has 1 aliphatic rings. The van der Waals surface area contributed by atoms with Crippen LogP contribution in [0.3, 0.4) is 0 Å². The van der Waals surface area contributed by atoms with E-state index < -0.39 is 0 Å². The van der Waals surface area contributed by atoms with Crippen molar-refractivity contribution in [3.8, 4) is 0 Å². The average molecular weight is 161 g/mol. The minimum Gasteiger partial charge on any atom is -0.276 e. The predicted octanol–water partition coefficient (Wildman–Crippen LogP) is 1.84. The Labute approximate surface area is 65.7 Å². The summed E-state index contributed by atoms with van der Waals surface area (Å²) in [6, 6.07) is 0. The third kappa shape index (κ3) is 1.64. The van der Waals surface area contributed by atoms with Crippen molar-refractivity contribution in [2.45, 2.75) is 18.7 Å². The number of thioether (sulfide) groups is 1. The summed E-state index contributed by atoms with van der Waals surface area (Å²) in [5.74, 6) is 1.92. The lowest BCUT2D eigenvalue weighted by Crippen LogP contribution is -2.15. The lowest BCUT2D eigenvalue weighted by atomic mass is 10.4. The highest BCUT2D eigenvalue weighted by Crippen LogP contribution is 2.33. The zero-order chi connectivity index (χ0) is 6.91. The molecule has 0 aromatic carbocycles. The highest BCUT2D eigenvalue weighted by molar-refractivity contribution is 8.02. The Morgan fingerprint density at radius 2 is 2.56 bits per heavy atom. The third-order valence-corrected chi connectivity index (χ3v) is 3.56. The van der Waals surface area contributed by atoms with Gasteiger partial charge in [-0.2, -0.15) is 12.6 Å². The van der Waals surface area contributed by atoms with E-state index in [1.54, 1.807) is 0 Å². The largest absolute Gasteiger partial charge is 0.276 e. The minimum absolute atomic E-state index is 0.0766. The number of rotatable bonds is 1. The fourth-order valence-corrected chi connectivity index (χ4v) is 2.05. The maximum Gasteiger partial charge on any atom is 0.112 e. The molecule has 3 heteroatoms. The summed E-state index contributed by atoms with van der Waals surface area (Å²) in [4.78, 5) is 4.52. The van der Waals surface area contributed by atoms with E-state index >= 15 is 0 Å². The van der Waals surface area contributed by atoms with Crippen LogP contribution in [0, 0.1) is 0 Å². The number of hydrogen-bond donors (Lipinski definition) is 1. The molecule has 0 amide bonds. The van der Waals surface area contributed by atoms with Crippen molar-refractivity contribution in [2.24, 2.45) is 4.99 Å². The molecule has 0 fully saturated rings. The van der Waals surface area contributed by atoms with Crippen LogP contribution in [0.4, 0.5) is 0 Å². The highest BCUT2D eigenvalue weighted by atomic mass is 32.2. The first-order valence-electron chi connectivity index (χ1n) is 2.96. The monoisotopic (exact) mass is 161 g/mol. The molecule has 0 N–H and O–H groups in total. The van der Waals surface area contributed by atoms with Crippen LogP contribution in [-0.2, 0) is 0 Å². The average Bonchev–Trinajstić information content (AvgIpc) is 2.13. The summed E-state index contributed by atoms with van der Waals surface area (Å²) in [5.41, 5.74) is 1.25. The van der Waals surface area contributed by atoms with E-state index in [2.05, 4.69) is 31.5 Å². The fourth-order valence-electron chi connectivity index (χ4n) is 0.809. The van der Waals surface area contributed by atoms with Gasteiger partial charge in [-0.15, -0.1) is 11.8 Å². The first-order valence-corrected chi connectivity index (χ1v) is 4.58. The second kappa shape index (κ2) is 2.54. The Bertz CT molecular complexity index is 144. The highest BCUT2D eigenvalue weighted by Gasteiger charge is 2.26. The maximum atomic E-state index is 4.44. The molecule has 0 saturated heterocycles. The first kappa shape index (κ1) is 7.48. The molecule has 52 valence electrons. The van der Waals surface area contributed by atoms with E-state index in [1.165, 1.54) is 5.71 Å². The molecule has 1 atom stereocenters. The van der Waals surface area contributed by atoms with Gasteiger partial charge >= 0.3 is 0 Å². The van der Waals surface area contributed by atoms with Gasteiger partial charge < -0.3 is 0 Å². The molecule has 0 aromatic heterocycles. The topological polar surface area (TPSA) is 12.4 Å². The second-order valence-electron chi connectivity index (χ2n) is 2.47. The van der Waals surface area contributed by atoms with Gasteiger partial charge in [0.2, 0.25) is 0 Å². The number of thiol groups is 1. The standard InChI is InChI=1S/C6H11NS2/c1-5-3-9-6(2,4-8)7-5/h8H,3-4H2,1-2H3. The summed E-state index contributed by atoms with van der Waals surface area (Å²) in [6.07, 6.45) is 0. The molecule has 0 bridgehead atoms. The molecule has 0 aromatic rings. The molecular weight excluding hydrogens is 150 g/mol. The van der Waals surface area contributed by atoms with Crippen LogP contribution in [0.25, 0.3) is 0 Å². The molecule has 1 heterocycles. The lowest BCUT2D eigenvalue weighted by molar-refractivity contribution is 0.788. The first-order chi connectivity index (χ1) is 4.16. The van der Waals surface area contributed by atoms with E-state index in [4.69, 9.17) is 0 Å². The van der Waals surface area contributed by atoms with Gasteiger partial charge in [0, 0.05) is 17.2 Å². The molecule has 1 aliphatic heterocycles. The summed E-state index contributed by atoms with van der Waals surface area (Å²) in [6.45, 7) is 4.20. The molecular formula is C6H11NS2. The smallest absolute Gasteiger partial charge is 0.112 e. The second-order valence-corrected chi connectivity index (χ2v) is 4.24. The van der Waals surface area contributed by atoms with Gasteiger partial charge in [0.05, 0.1) is 0 Å². The van der Waals surface area contributed by atoms with Crippen molar-refractivity contribution >= 4 is 30.1 Å². The predicted molar refractivity (Wildman–Crippen MR) is 47.8 cm³/mol. The van der Waals surface area contributed by atoms with Crippen molar-refractivity contribution < 1.29 is 0 Å². The zero-order valence-electron chi connectivity index (χ0n) is 5.72. The molecule has 1 rings (SSSR count). The van der Waals surface area contributed by atoms with Crippen molar-refractivity contribution in [1.82, 2.24) is 0 Å². The van der Waals surface area contributed by atoms with Gasteiger partial charge in [0.15, 0.2) is 0 Å². The van der Waals surface area contributed by atoms with Crippen molar-refractivity contribution in [3.05, 3.63) is 0 Å². The Kier molecular flexibility index (Phi) is 2.11. The number of aliphatic imine (C=N–C) groups is 1. The van der Waals surface area contributed by atoms with Crippen LogP contribution >= 0.6 is 24.4 Å². The van der Waals surface area contributed by atoms with Crippen molar-refractivity contribution in [1.29, 1.82) is 0 Å². The Morgan fingerprint density at radius 1 is 1.89 bits per heavy atom. The Balaban J connectivity index is 2.64.